The first kappa shape index (κ1) is 19.9. The van der Waals surface area contributed by atoms with E-state index in [0.29, 0.717) is 32.5 Å². The van der Waals surface area contributed by atoms with Crippen LogP contribution in [0.3, 0.4) is 0 Å². The quantitative estimate of drug-likeness (QED) is 0.630. The van der Waals surface area contributed by atoms with Gasteiger partial charge in [0, 0.05) is 10.4 Å². The van der Waals surface area contributed by atoms with Gasteiger partial charge in [-0.2, -0.15) is 0 Å². The van der Waals surface area contributed by atoms with E-state index in [1.54, 1.807) is 25.1 Å². The third-order valence-corrected chi connectivity index (χ3v) is 6.55. The van der Waals surface area contributed by atoms with Crippen molar-refractivity contribution < 1.29 is 9.90 Å². The molecule has 0 amide bonds. The molecule has 3 aromatic rings. The van der Waals surface area contributed by atoms with Gasteiger partial charge in [-0.15, -0.1) is 11.3 Å². The van der Waals surface area contributed by atoms with Crippen LogP contribution in [0.25, 0.3) is 21.3 Å². The fourth-order valence-corrected chi connectivity index (χ4v) is 4.62. The molecule has 0 saturated carbocycles. The number of carboxylic acid groups (broad SMARTS) is 1. The van der Waals surface area contributed by atoms with Crippen molar-refractivity contribution in [3.05, 3.63) is 49.3 Å². The van der Waals surface area contributed by atoms with Crippen molar-refractivity contribution in [2.45, 2.75) is 39.7 Å². The number of hydrogen-bond donors (Lipinski definition) is 1. The number of aryl methyl sites for hydroxylation is 2. The molecule has 0 saturated heterocycles. The fraction of sp³-hybridized carbons (Fsp3) is 0.316. The first-order valence-electron chi connectivity index (χ1n) is 8.33. The molecule has 0 radical (unpaired) electrons. The van der Waals surface area contributed by atoms with Crippen LogP contribution in [0.4, 0.5) is 0 Å². The van der Waals surface area contributed by atoms with Gasteiger partial charge in [-0.05, 0) is 44.9 Å². The molecular weight excluding hydrogens is 407 g/mol. The van der Waals surface area contributed by atoms with Gasteiger partial charge in [0.05, 0.1) is 15.4 Å². The Bertz CT molecular complexity index is 1130. The first-order chi connectivity index (χ1) is 12.6. The maximum Gasteiger partial charge on any atom is 0.329 e. The Morgan fingerprint density at radius 2 is 1.96 bits per heavy atom. The minimum atomic E-state index is -1.43. The standard InChI is InChI=1S/C19H18Cl2N2O3S/c1-5-13-14(10-6-7-11(20)12(21)8-10)15-16(27-13)22-9(2)23(17(15)24)19(3,4)18(25)26/h6-8H,5H2,1-4H3,(H,25,26). The lowest BCUT2D eigenvalue weighted by atomic mass is 10.0. The van der Waals surface area contributed by atoms with Gasteiger partial charge < -0.3 is 5.11 Å². The van der Waals surface area contributed by atoms with Gasteiger partial charge in [-0.1, -0.05) is 36.2 Å². The van der Waals surface area contributed by atoms with Crippen molar-refractivity contribution in [3.8, 4) is 11.1 Å². The van der Waals surface area contributed by atoms with E-state index >= 15 is 0 Å². The Labute approximate surface area is 170 Å². The highest BCUT2D eigenvalue weighted by Gasteiger charge is 2.34. The van der Waals surface area contributed by atoms with Gasteiger partial charge in [0.2, 0.25) is 0 Å². The minimum absolute atomic E-state index is 0.365. The van der Waals surface area contributed by atoms with Gasteiger partial charge in [0.1, 0.15) is 16.2 Å². The molecule has 27 heavy (non-hydrogen) atoms. The van der Waals surface area contributed by atoms with Crippen LogP contribution in [0.1, 0.15) is 31.5 Å². The third-order valence-electron chi connectivity index (χ3n) is 4.58. The van der Waals surface area contributed by atoms with Crippen molar-refractivity contribution in [1.82, 2.24) is 9.55 Å². The van der Waals surface area contributed by atoms with E-state index in [1.807, 2.05) is 6.92 Å². The highest BCUT2D eigenvalue weighted by molar-refractivity contribution is 7.19. The van der Waals surface area contributed by atoms with E-state index in [2.05, 4.69) is 4.98 Å². The second-order valence-corrected chi connectivity index (χ2v) is 8.62. The van der Waals surface area contributed by atoms with Crippen molar-refractivity contribution in [1.29, 1.82) is 0 Å². The molecule has 0 aliphatic rings. The van der Waals surface area contributed by atoms with Crippen LogP contribution < -0.4 is 5.56 Å². The molecule has 142 valence electrons. The van der Waals surface area contributed by atoms with Gasteiger partial charge in [0.15, 0.2) is 0 Å². The maximum atomic E-state index is 13.4. The van der Waals surface area contributed by atoms with Crippen molar-refractivity contribution >= 4 is 50.7 Å². The lowest BCUT2D eigenvalue weighted by molar-refractivity contribution is -0.145. The smallest absolute Gasteiger partial charge is 0.329 e. The normalized spacial score (nSPS) is 11.9. The number of carboxylic acids is 1. The van der Waals surface area contributed by atoms with E-state index in [1.165, 1.54) is 29.8 Å². The maximum absolute atomic E-state index is 13.4. The number of thiophene rings is 1. The summed E-state index contributed by atoms with van der Waals surface area (Å²) in [6.45, 7) is 6.63. The number of benzene rings is 1. The summed E-state index contributed by atoms with van der Waals surface area (Å²) in [5.41, 5.74) is -0.300. The molecule has 2 aromatic heterocycles. The summed E-state index contributed by atoms with van der Waals surface area (Å²) in [6.07, 6.45) is 0.706. The summed E-state index contributed by atoms with van der Waals surface area (Å²) in [5.74, 6) is -0.736. The van der Waals surface area contributed by atoms with Crippen LogP contribution in [0, 0.1) is 6.92 Å². The Morgan fingerprint density at radius 1 is 1.30 bits per heavy atom. The van der Waals surface area contributed by atoms with Crippen LogP contribution in [-0.2, 0) is 16.8 Å². The van der Waals surface area contributed by atoms with Gasteiger partial charge in [0.25, 0.3) is 5.56 Å². The van der Waals surface area contributed by atoms with Crippen LogP contribution >= 0.6 is 34.5 Å². The predicted octanol–water partition coefficient (Wildman–Crippen LogP) is 5.12. The summed E-state index contributed by atoms with van der Waals surface area (Å²) < 4.78 is 1.24. The van der Waals surface area contributed by atoms with E-state index in [0.717, 1.165) is 16.0 Å². The first-order valence-corrected chi connectivity index (χ1v) is 9.91. The summed E-state index contributed by atoms with van der Waals surface area (Å²) in [5, 5.41) is 10.8. The van der Waals surface area contributed by atoms with Crippen molar-refractivity contribution in [2.24, 2.45) is 0 Å². The highest BCUT2D eigenvalue weighted by Crippen LogP contribution is 2.39. The number of nitrogens with zero attached hydrogens (tertiary/aromatic N) is 2. The monoisotopic (exact) mass is 424 g/mol. The molecule has 0 bridgehead atoms. The van der Waals surface area contributed by atoms with E-state index in [4.69, 9.17) is 23.2 Å². The molecule has 1 aromatic carbocycles. The molecule has 0 spiro atoms. The van der Waals surface area contributed by atoms with Crippen LogP contribution in [-0.4, -0.2) is 20.6 Å². The Balaban J connectivity index is 2.46. The number of fused-ring (bicyclic) bond motifs is 1. The summed E-state index contributed by atoms with van der Waals surface area (Å²) in [6, 6.07) is 5.21. The average Bonchev–Trinajstić information content (AvgIpc) is 2.95. The van der Waals surface area contributed by atoms with Crippen LogP contribution in [0.2, 0.25) is 10.0 Å². The molecule has 1 N–H and O–H groups in total. The minimum Gasteiger partial charge on any atom is -0.480 e. The second-order valence-electron chi connectivity index (χ2n) is 6.73. The largest absolute Gasteiger partial charge is 0.480 e. The summed E-state index contributed by atoms with van der Waals surface area (Å²) in [4.78, 5) is 31.2. The van der Waals surface area contributed by atoms with Gasteiger partial charge in [-0.3, -0.25) is 9.36 Å². The summed E-state index contributed by atoms with van der Waals surface area (Å²) in [7, 11) is 0. The van der Waals surface area contributed by atoms with Gasteiger partial charge in [-0.25, -0.2) is 9.78 Å². The molecule has 0 aliphatic carbocycles. The Morgan fingerprint density at radius 3 is 2.52 bits per heavy atom. The zero-order valence-electron chi connectivity index (χ0n) is 15.3. The number of halogens is 2. The Kier molecular flexibility index (Phi) is 5.10. The summed E-state index contributed by atoms with van der Waals surface area (Å²) >= 11 is 13.7. The number of hydrogen-bond acceptors (Lipinski definition) is 4. The molecule has 0 unspecified atom stereocenters. The highest BCUT2D eigenvalue weighted by atomic mass is 35.5. The van der Waals surface area contributed by atoms with Crippen molar-refractivity contribution in [3.63, 3.8) is 0 Å². The van der Waals surface area contributed by atoms with Gasteiger partial charge >= 0.3 is 5.97 Å². The van der Waals surface area contributed by atoms with Crippen molar-refractivity contribution in [2.75, 3.05) is 0 Å². The molecule has 2 heterocycles. The van der Waals surface area contributed by atoms with Crippen LogP contribution in [0.5, 0.6) is 0 Å². The number of aromatic nitrogens is 2. The van der Waals surface area contributed by atoms with E-state index in [-0.39, 0.29) is 5.56 Å². The SMILES string of the molecule is CCc1sc2nc(C)n(C(C)(C)C(=O)O)c(=O)c2c1-c1ccc(Cl)c(Cl)c1. The molecule has 0 atom stereocenters. The third kappa shape index (κ3) is 3.16. The lowest BCUT2D eigenvalue weighted by Crippen LogP contribution is -2.44. The second kappa shape index (κ2) is 6.93. The zero-order valence-corrected chi connectivity index (χ0v) is 17.6. The molecule has 5 nitrogen and oxygen atoms in total. The Hall–Kier alpha value is -1.89. The fourth-order valence-electron chi connectivity index (χ4n) is 3.16. The zero-order chi connectivity index (χ0) is 20.1. The number of aliphatic carboxylic acids is 1. The molecule has 8 heteroatoms. The molecular formula is C19H18Cl2N2O3S. The number of carbonyl (C=O) groups is 1. The van der Waals surface area contributed by atoms with Crippen LogP contribution in [0.15, 0.2) is 23.0 Å². The van der Waals surface area contributed by atoms with E-state index in [9.17, 15) is 14.7 Å². The average molecular weight is 425 g/mol. The molecule has 3 rings (SSSR count). The predicted molar refractivity (Wildman–Crippen MR) is 110 cm³/mol. The topological polar surface area (TPSA) is 72.2 Å². The molecule has 0 fully saturated rings. The lowest BCUT2D eigenvalue weighted by Gasteiger charge is -2.24. The number of rotatable bonds is 4. The van der Waals surface area contributed by atoms with E-state index < -0.39 is 11.5 Å². The molecule has 0 aliphatic heterocycles.